The highest BCUT2D eigenvalue weighted by Gasteiger charge is 2.20. The molecule has 0 spiro atoms. The number of thiophene rings is 1. The molecule has 6 nitrogen and oxygen atoms in total. The lowest BCUT2D eigenvalue weighted by Crippen LogP contribution is -2.38. The number of hydrogen-bond donors (Lipinski definition) is 1. The van der Waals surface area contributed by atoms with Crippen LogP contribution in [0.5, 0.6) is 0 Å². The van der Waals surface area contributed by atoms with Crippen molar-refractivity contribution in [2.75, 3.05) is 24.2 Å². The van der Waals surface area contributed by atoms with Gasteiger partial charge in [0, 0.05) is 13.1 Å². The summed E-state index contributed by atoms with van der Waals surface area (Å²) in [6, 6.07) is 7.05. The Bertz CT molecular complexity index is 711. The minimum atomic E-state index is -0.195. The number of carbonyl (C=O) groups is 2. The van der Waals surface area contributed by atoms with Crippen molar-refractivity contribution < 1.29 is 9.59 Å². The smallest absolute Gasteiger partial charge is 0.266 e. The summed E-state index contributed by atoms with van der Waals surface area (Å²) in [4.78, 5) is 26.7. The third-order valence-corrected chi connectivity index (χ3v) is 5.88. The number of aromatic nitrogens is 2. The van der Waals surface area contributed by atoms with E-state index in [1.165, 1.54) is 23.1 Å². The van der Waals surface area contributed by atoms with E-state index in [1.54, 1.807) is 18.2 Å². The lowest BCUT2D eigenvalue weighted by molar-refractivity contribution is -0.129. The van der Waals surface area contributed by atoms with Crippen LogP contribution in [0, 0.1) is 5.92 Å². The van der Waals surface area contributed by atoms with E-state index in [9.17, 15) is 9.59 Å². The van der Waals surface area contributed by atoms with Crippen LogP contribution in [0.25, 0.3) is 0 Å². The van der Waals surface area contributed by atoms with Crippen molar-refractivity contribution in [3.8, 4) is 0 Å². The Kier molecular flexibility index (Phi) is 6.04. The lowest BCUT2D eigenvalue weighted by atomic mass is 9.99. The Morgan fingerprint density at radius 3 is 2.72 bits per heavy atom. The summed E-state index contributed by atoms with van der Waals surface area (Å²) in [5.41, 5.74) is 0. The Balaban J connectivity index is 1.47. The van der Waals surface area contributed by atoms with Gasteiger partial charge < -0.3 is 10.2 Å². The van der Waals surface area contributed by atoms with Gasteiger partial charge in [0.15, 0.2) is 5.82 Å². The Morgan fingerprint density at radius 1 is 1.28 bits per heavy atom. The standard InChI is InChI=1S/C17H20N4O2S2/c1-12-6-8-21(9-7-12)16(22)11-25-15-5-4-14(19-20-15)18-17(23)13-3-2-10-24-13/h2-5,10,12H,6-9,11H2,1H3,(H,18,19,23). The van der Waals surface area contributed by atoms with Crippen LogP contribution in [0.3, 0.4) is 0 Å². The Labute approximate surface area is 155 Å². The van der Waals surface area contributed by atoms with Crippen LogP contribution in [-0.4, -0.2) is 45.8 Å². The van der Waals surface area contributed by atoms with Crippen molar-refractivity contribution in [1.29, 1.82) is 0 Å². The van der Waals surface area contributed by atoms with Gasteiger partial charge in [-0.25, -0.2) is 0 Å². The van der Waals surface area contributed by atoms with Gasteiger partial charge in [0.25, 0.3) is 5.91 Å². The number of likely N-dealkylation sites (tertiary alicyclic amines) is 1. The average Bonchev–Trinajstić information content (AvgIpc) is 3.16. The van der Waals surface area contributed by atoms with E-state index < -0.39 is 0 Å². The molecular weight excluding hydrogens is 356 g/mol. The van der Waals surface area contributed by atoms with Crippen LogP contribution in [0.1, 0.15) is 29.4 Å². The van der Waals surface area contributed by atoms with Crippen molar-refractivity contribution in [2.45, 2.75) is 24.8 Å². The lowest BCUT2D eigenvalue weighted by Gasteiger charge is -2.30. The molecule has 3 rings (SSSR count). The Morgan fingerprint density at radius 2 is 2.08 bits per heavy atom. The second-order valence-corrected chi connectivity index (χ2v) is 7.98. The first-order valence-corrected chi connectivity index (χ1v) is 10.1. The summed E-state index contributed by atoms with van der Waals surface area (Å²) in [7, 11) is 0. The molecule has 8 heteroatoms. The summed E-state index contributed by atoms with van der Waals surface area (Å²) in [5.74, 6) is 1.43. The van der Waals surface area contributed by atoms with Gasteiger partial charge in [0.2, 0.25) is 5.91 Å². The van der Waals surface area contributed by atoms with Crippen LogP contribution in [0.15, 0.2) is 34.7 Å². The molecule has 2 aromatic heterocycles. The van der Waals surface area contributed by atoms with E-state index in [0.29, 0.717) is 27.4 Å². The second-order valence-electron chi connectivity index (χ2n) is 6.04. The van der Waals surface area contributed by atoms with Crippen molar-refractivity contribution in [3.05, 3.63) is 34.5 Å². The number of hydrogen-bond acceptors (Lipinski definition) is 6. The van der Waals surface area contributed by atoms with Gasteiger partial charge in [-0.05, 0) is 42.3 Å². The van der Waals surface area contributed by atoms with Crippen molar-refractivity contribution in [1.82, 2.24) is 15.1 Å². The zero-order chi connectivity index (χ0) is 17.6. The van der Waals surface area contributed by atoms with Crippen LogP contribution >= 0.6 is 23.1 Å². The van der Waals surface area contributed by atoms with Crippen molar-refractivity contribution in [3.63, 3.8) is 0 Å². The fourth-order valence-corrected chi connectivity index (χ4v) is 3.87. The first-order valence-electron chi connectivity index (χ1n) is 8.21. The molecule has 1 saturated heterocycles. The highest BCUT2D eigenvalue weighted by atomic mass is 32.2. The molecule has 0 saturated carbocycles. The molecule has 132 valence electrons. The zero-order valence-electron chi connectivity index (χ0n) is 14.0. The number of nitrogens with zero attached hydrogens (tertiary/aromatic N) is 3. The summed E-state index contributed by atoms with van der Waals surface area (Å²) >= 11 is 2.74. The SMILES string of the molecule is CC1CCN(C(=O)CSc2ccc(NC(=O)c3cccs3)nn2)CC1. The quantitative estimate of drug-likeness (QED) is 0.812. The summed E-state index contributed by atoms with van der Waals surface area (Å²) < 4.78 is 0. The third-order valence-electron chi connectivity index (χ3n) is 4.11. The highest BCUT2D eigenvalue weighted by Crippen LogP contribution is 2.20. The maximum atomic E-state index is 12.2. The Hall–Kier alpha value is -1.93. The molecule has 1 aliphatic heterocycles. The van der Waals surface area contributed by atoms with E-state index in [0.717, 1.165) is 25.9 Å². The monoisotopic (exact) mass is 376 g/mol. The molecule has 3 heterocycles. The number of amides is 2. The molecule has 2 amide bonds. The number of rotatable bonds is 5. The first-order chi connectivity index (χ1) is 12.1. The van der Waals surface area contributed by atoms with Crippen molar-refractivity contribution in [2.24, 2.45) is 5.92 Å². The molecule has 0 atom stereocenters. The average molecular weight is 377 g/mol. The topological polar surface area (TPSA) is 75.2 Å². The largest absolute Gasteiger partial charge is 0.342 e. The minimum absolute atomic E-state index is 0.147. The maximum Gasteiger partial charge on any atom is 0.266 e. The van der Waals surface area contributed by atoms with Crippen LogP contribution in [-0.2, 0) is 4.79 Å². The summed E-state index contributed by atoms with van der Waals surface area (Å²) in [6.45, 7) is 3.92. The van der Waals surface area contributed by atoms with E-state index in [2.05, 4.69) is 22.4 Å². The van der Waals surface area contributed by atoms with Crippen LogP contribution < -0.4 is 5.32 Å². The molecule has 1 N–H and O–H groups in total. The molecule has 2 aromatic rings. The predicted octanol–water partition coefficient (Wildman–Crippen LogP) is 3.14. The maximum absolute atomic E-state index is 12.2. The molecule has 1 fully saturated rings. The van der Waals surface area contributed by atoms with Gasteiger partial charge >= 0.3 is 0 Å². The zero-order valence-corrected chi connectivity index (χ0v) is 15.6. The van der Waals surface area contributed by atoms with Gasteiger partial charge in [0.1, 0.15) is 5.03 Å². The van der Waals surface area contributed by atoms with Gasteiger partial charge in [-0.15, -0.1) is 21.5 Å². The summed E-state index contributed by atoms with van der Waals surface area (Å²) in [6.07, 6.45) is 2.16. The first kappa shape index (κ1) is 17.9. The molecular formula is C17H20N4O2S2. The number of piperidine rings is 1. The fourth-order valence-electron chi connectivity index (χ4n) is 2.53. The van der Waals surface area contributed by atoms with E-state index >= 15 is 0 Å². The van der Waals surface area contributed by atoms with E-state index in [-0.39, 0.29) is 11.8 Å². The number of nitrogens with one attached hydrogen (secondary N) is 1. The van der Waals surface area contributed by atoms with Crippen molar-refractivity contribution >= 4 is 40.7 Å². The van der Waals surface area contributed by atoms with Gasteiger partial charge in [-0.1, -0.05) is 24.8 Å². The summed E-state index contributed by atoms with van der Waals surface area (Å²) in [5, 5.41) is 13.3. The normalized spacial score (nSPS) is 15.2. The van der Waals surface area contributed by atoms with Gasteiger partial charge in [-0.2, -0.15) is 0 Å². The van der Waals surface area contributed by atoms with Crippen LogP contribution in [0.4, 0.5) is 5.82 Å². The molecule has 0 aliphatic carbocycles. The van der Waals surface area contributed by atoms with Gasteiger partial charge in [-0.3, -0.25) is 9.59 Å². The number of carbonyl (C=O) groups excluding carboxylic acids is 2. The molecule has 0 unspecified atom stereocenters. The fraction of sp³-hybridized carbons (Fsp3) is 0.412. The molecule has 25 heavy (non-hydrogen) atoms. The third kappa shape index (κ3) is 5.02. The number of anilines is 1. The van der Waals surface area contributed by atoms with E-state index in [4.69, 9.17) is 0 Å². The molecule has 0 bridgehead atoms. The van der Waals surface area contributed by atoms with E-state index in [1.807, 2.05) is 16.3 Å². The number of thioether (sulfide) groups is 1. The highest BCUT2D eigenvalue weighted by molar-refractivity contribution is 7.99. The molecule has 1 aliphatic rings. The predicted molar refractivity (Wildman–Crippen MR) is 100 cm³/mol. The molecule has 0 aromatic carbocycles. The minimum Gasteiger partial charge on any atom is -0.342 e. The van der Waals surface area contributed by atoms with Gasteiger partial charge in [0.05, 0.1) is 10.6 Å². The molecule has 0 radical (unpaired) electrons. The second kappa shape index (κ2) is 8.44. The van der Waals surface area contributed by atoms with Crippen LogP contribution in [0.2, 0.25) is 0 Å².